The molecule has 4 atom stereocenters. The molecule has 0 radical (unpaired) electrons. The molecule has 0 rings (SSSR count). The number of esters is 3. The Balaban J connectivity index is 5.77. The first-order valence-electron chi connectivity index (χ1n) is 32.2. The second-order valence-electron chi connectivity index (χ2n) is 22.5. The maximum atomic E-state index is 13.6. The van der Waals surface area contributed by atoms with E-state index in [0.29, 0.717) is 51.7 Å². The molecule has 10 heteroatoms. The van der Waals surface area contributed by atoms with Crippen LogP contribution in [0.15, 0.2) is 0 Å². The number of hydrogen-bond acceptors (Lipinski definition) is 10. The van der Waals surface area contributed by atoms with E-state index in [-0.39, 0.29) is 41.6 Å². The van der Waals surface area contributed by atoms with Crippen molar-refractivity contribution in [3.8, 4) is 0 Å². The minimum absolute atomic E-state index is 0.00843. The first-order chi connectivity index (χ1) is 36.0. The lowest BCUT2D eigenvalue weighted by atomic mass is 9.89. The van der Waals surface area contributed by atoms with E-state index >= 15 is 0 Å². The fraction of sp³-hybridized carbons (Fsp3) is 0.938. The summed E-state index contributed by atoms with van der Waals surface area (Å²) in [6.07, 6.45) is 38.3. The van der Waals surface area contributed by atoms with E-state index in [0.717, 1.165) is 180 Å². The summed E-state index contributed by atoms with van der Waals surface area (Å²) in [5.74, 6) is 0.439. The number of carbonyl (C=O) groups is 4. The predicted molar refractivity (Wildman–Crippen MR) is 314 cm³/mol. The third kappa shape index (κ3) is 41.1. The van der Waals surface area contributed by atoms with Crippen molar-refractivity contribution in [3.63, 3.8) is 0 Å². The number of unbranched alkanes of at least 4 members (excludes halogenated alkanes) is 16. The van der Waals surface area contributed by atoms with Gasteiger partial charge < -0.3 is 19.1 Å². The average molecular weight is 1050 g/mol. The zero-order chi connectivity index (χ0) is 54.7. The van der Waals surface area contributed by atoms with Crippen molar-refractivity contribution in [2.45, 2.75) is 287 Å². The molecule has 0 fully saturated rings. The molecule has 0 bridgehead atoms. The Labute approximate surface area is 459 Å². The van der Waals surface area contributed by atoms with E-state index < -0.39 is 0 Å². The van der Waals surface area contributed by atoms with E-state index in [1.165, 1.54) is 77.0 Å². The van der Waals surface area contributed by atoms with E-state index in [9.17, 15) is 19.2 Å². The van der Waals surface area contributed by atoms with Gasteiger partial charge in [0.15, 0.2) is 0 Å². The van der Waals surface area contributed by atoms with E-state index in [1.54, 1.807) is 0 Å². The number of rotatable bonds is 57. The highest BCUT2D eigenvalue weighted by Gasteiger charge is 2.23. The van der Waals surface area contributed by atoms with Gasteiger partial charge >= 0.3 is 17.9 Å². The van der Waals surface area contributed by atoms with Crippen LogP contribution in [0.5, 0.6) is 0 Å². The second-order valence-corrected chi connectivity index (χ2v) is 22.5. The Morgan fingerprint density at radius 1 is 0.297 bits per heavy atom. The topological polar surface area (TPSA) is 106 Å². The maximum Gasteiger partial charge on any atom is 0.308 e. The highest BCUT2D eigenvalue weighted by molar-refractivity contribution is 5.81. The zero-order valence-corrected chi connectivity index (χ0v) is 50.7. The van der Waals surface area contributed by atoms with E-state index in [4.69, 9.17) is 14.2 Å². The molecule has 0 aromatic carbocycles. The van der Waals surface area contributed by atoms with Crippen LogP contribution < -0.4 is 0 Å². The molecule has 0 aliphatic carbocycles. The van der Waals surface area contributed by atoms with Gasteiger partial charge in [-0.15, -0.1) is 0 Å². The van der Waals surface area contributed by atoms with E-state index in [1.807, 2.05) is 0 Å². The zero-order valence-electron chi connectivity index (χ0n) is 50.7. The summed E-state index contributed by atoms with van der Waals surface area (Å²) in [7, 11) is 2.19. The minimum Gasteiger partial charge on any atom is -0.464 e. The van der Waals surface area contributed by atoms with Gasteiger partial charge in [0.1, 0.15) is 25.6 Å². The average Bonchev–Trinajstić information content (AvgIpc) is 3.39. The molecule has 0 aromatic rings. The van der Waals surface area contributed by atoms with Gasteiger partial charge in [0.2, 0.25) is 0 Å². The maximum absolute atomic E-state index is 13.6. The Bertz CT molecular complexity index is 1110. The number of hydrogen-bond donors (Lipinski definition) is 0. The molecule has 438 valence electrons. The van der Waals surface area contributed by atoms with Gasteiger partial charge in [-0.1, -0.05) is 209 Å². The molecule has 0 saturated heterocycles. The molecule has 0 aliphatic heterocycles. The van der Waals surface area contributed by atoms with Crippen LogP contribution in [0.25, 0.3) is 0 Å². The lowest BCUT2D eigenvalue weighted by molar-refractivity contribution is -0.151. The fourth-order valence-electron chi connectivity index (χ4n) is 10.5. The van der Waals surface area contributed by atoms with Crippen LogP contribution in [-0.4, -0.2) is 118 Å². The Morgan fingerprint density at radius 2 is 0.568 bits per heavy atom. The summed E-state index contributed by atoms with van der Waals surface area (Å²) in [6.45, 7) is 25.1. The van der Waals surface area contributed by atoms with Crippen LogP contribution >= 0.6 is 0 Å². The lowest BCUT2D eigenvalue weighted by Crippen LogP contribution is -2.36. The highest BCUT2D eigenvalue weighted by atomic mass is 16.5. The van der Waals surface area contributed by atoms with Crippen molar-refractivity contribution in [3.05, 3.63) is 0 Å². The quantitative estimate of drug-likeness (QED) is 0.0332. The predicted octanol–water partition coefficient (Wildman–Crippen LogP) is 16.4. The molecule has 0 heterocycles. The van der Waals surface area contributed by atoms with Crippen LogP contribution in [0, 0.1) is 23.7 Å². The fourth-order valence-corrected chi connectivity index (χ4v) is 10.5. The molecule has 10 nitrogen and oxygen atoms in total. The summed E-state index contributed by atoms with van der Waals surface area (Å²) < 4.78 is 18.0. The third-order valence-corrected chi connectivity index (χ3v) is 15.6. The van der Waals surface area contributed by atoms with Crippen molar-refractivity contribution >= 4 is 23.7 Å². The number of ketones is 1. The summed E-state index contributed by atoms with van der Waals surface area (Å²) >= 11 is 0. The van der Waals surface area contributed by atoms with Crippen molar-refractivity contribution in [1.82, 2.24) is 14.7 Å². The normalized spacial score (nSPS) is 13.4. The Hall–Kier alpha value is -2.04. The van der Waals surface area contributed by atoms with Crippen LogP contribution in [0.3, 0.4) is 0 Å². The molecule has 0 aromatic heterocycles. The van der Waals surface area contributed by atoms with Crippen molar-refractivity contribution < 1.29 is 33.4 Å². The summed E-state index contributed by atoms with van der Waals surface area (Å²) in [5.41, 5.74) is 0. The SMILES string of the molecule is CCCCCCC(CCCC)C(=O)CCCN(CCCN(C)CCCN(CCOC(=O)C(CCCC)CCCCCC)CCOC(=O)C(CCCC)CCCCCC)CCOC(=O)C(CCCC)CCCCCC. The largest absolute Gasteiger partial charge is 0.464 e. The Kier molecular flexibility index (Phi) is 51.5. The first kappa shape index (κ1) is 72.0. The second kappa shape index (κ2) is 53.0. The van der Waals surface area contributed by atoms with Gasteiger partial charge in [0.05, 0.1) is 17.8 Å². The third-order valence-electron chi connectivity index (χ3n) is 15.6. The summed E-state index contributed by atoms with van der Waals surface area (Å²) in [5, 5.41) is 0. The van der Waals surface area contributed by atoms with Gasteiger partial charge in [0, 0.05) is 32.0 Å². The lowest BCUT2D eigenvalue weighted by Gasteiger charge is -2.26. The number of Topliss-reactive ketones (excluding diaryl/α,β-unsaturated/α-hetero) is 1. The van der Waals surface area contributed by atoms with Gasteiger partial charge in [-0.3, -0.25) is 29.0 Å². The number of nitrogens with zero attached hydrogens (tertiary/aromatic N) is 3. The highest BCUT2D eigenvalue weighted by Crippen LogP contribution is 2.23. The molecule has 0 saturated carbocycles. The van der Waals surface area contributed by atoms with E-state index in [2.05, 4.69) is 77.1 Å². The molecular formula is C64H125N3O7. The van der Waals surface area contributed by atoms with Gasteiger partial charge in [-0.05, 0) is 110 Å². The monoisotopic (exact) mass is 1050 g/mol. The van der Waals surface area contributed by atoms with Crippen LogP contribution in [0.2, 0.25) is 0 Å². The molecular weight excluding hydrogens is 923 g/mol. The van der Waals surface area contributed by atoms with Gasteiger partial charge in [0.25, 0.3) is 0 Å². The molecule has 0 amide bonds. The molecule has 0 spiro atoms. The van der Waals surface area contributed by atoms with Crippen LogP contribution in [0.4, 0.5) is 0 Å². The summed E-state index contributed by atoms with van der Waals surface area (Å²) in [4.78, 5) is 60.9. The van der Waals surface area contributed by atoms with Crippen molar-refractivity contribution in [1.29, 1.82) is 0 Å². The van der Waals surface area contributed by atoms with Gasteiger partial charge in [-0.2, -0.15) is 0 Å². The van der Waals surface area contributed by atoms with Crippen molar-refractivity contribution in [2.24, 2.45) is 23.7 Å². The summed E-state index contributed by atoms with van der Waals surface area (Å²) in [6, 6.07) is 0. The van der Waals surface area contributed by atoms with Crippen LogP contribution in [0.1, 0.15) is 287 Å². The van der Waals surface area contributed by atoms with Gasteiger partial charge in [-0.25, -0.2) is 0 Å². The number of ether oxygens (including phenoxy) is 3. The Morgan fingerprint density at radius 3 is 0.892 bits per heavy atom. The number of carbonyl (C=O) groups excluding carboxylic acids is 4. The van der Waals surface area contributed by atoms with Crippen LogP contribution in [-0.2, 0) is 33.4 Å². The van der Waals surface area contributed by atoms with Crippen molar-refractivity contribution in [2.75, 3.05) is 79.2 Å². The molecule has 0 aliphatic rings. The first-order valence-corrected chi connectivity index (χ1v) is 32.2. The molecule has 74 heavy (non-hydrogen) atoms. The smallest absolute Gasteiger partial charge is 0.308 e. The standard InChI is InChI=1S/C64H125N3O7/c1-10-18-26-30-41-57(37-22-14-5)61(68)45-34-48-66(51-54-72-62(69)58(38-23-15-6)42-31-27-19-11-2)49-35-46-65(9)47-36-50-67(52-55-73-63(70)59(39-24-16-7)43-32-28-20-12-3)53-56-74-64(71)60(40-25-17-8)44-33-29-21-13-4/h57-60H,10-56H2,1-9H3. The molecule has 4 unspecified atom stereocenters. The minimum atomic E-state index is -0.0512. The molecule has 0 N–H and O–H groups in total.